The summed E-state index contributed by atoms with van der Waals surface area (Å²) in [5.74, 6) is 0.530. The van der Waals surface area contributed by atoms with Gasteiger partial charge < -0.3 is 15.1 Å². The third-order valence-corrected chi connectivity index (χ3v) is 4.68. The molecule has 2 atom stereocenters. The zero-order valence-corrected chi connectivity index (χ0v) is 14.7. The molecule has 6 nitrogen and oxygen atoms in total. The van der Waals surface area contributed by atoms with Crippen LogP contribution in [0.1, 0.15) is 30.3 Å². The first-order valence-corrected chi connectivity index (χ1v) is 8.94. The van der Waals surface area contributed by atoms with Gasteiger partial charge in [0, 0.05) is 18.2 Å². The summed E-state index contributed by atoms with van der Waals surface area (Å²) < 4.78 is 7.13. The number of carbonyl (C=O) groups is 1. The lowest BCUT2D eigenvalue weighted by atomic mass is 10.0. The average molecular weight is 350 g/mol. The number of piperidine rings is 1. The van der Waals surface area contributed by atoms with E-state index < -0.39 is 0 Å². The number of rotatable bonds is 4. The first-order valence-electron chi connectivity index (χ1n) is 8.94. The van der Waals surface area contributed by atoms with Crippen molar-refractivity contribution in [1.29, 1.82) is 0 Å². The second-order valence-corrected chi connectivity index (χ2v) is 6.69. The second-order valence-electron chi connectivity index (χ2n) is 6.69. The SMILES string of the molecule is CC1CC(NC(=O)c2cc(-c3ccco3)nn2-c2ccccc2)CCN1. The van der Waals surface area contributed by atoms with Gasteiger partial charge in [0.15, 0.2) is 5.76 Å². The third-order valence-electron chi connectivity index (χ3n) is 4.68. The maximum Gasteiger partial charge on any atom is 0.270 e. The van der Waals surface area contributed by atoms with Gasteiger partial charge in [-0.25, -0.2) is 4.68 Å². The molecule has 6 heteroatoms. The van der Waals surface area contributed by atoms with E-state index in [1.54, 1.807) is 17.0 Å². The average Bonchev–Trinajstić information content (AvgIpc) is 3.32. The highest BCUT2D eigenvalue weighted by molar-refractivity contribution is 5.94. The number of benzene rings is 1. The van der Waals surface area contributed by atoms with Crippen LogP contribution in [0.5, 0.6) is 0 Å². The second kappa shape index (κ2) is 7.17. The summed E-state index contributed by atoms with van der Waals surface area (Å²) in [6.45, 7) is 3.06. The lowest BCUT2D eigenvalue weighted by Crippen LogP contribution is -2.46. The Bertz CT molecular complexity index is 871. The Kier molecular flexibility index (Phi) is 4.58. The third kappa shape index (κ3) is 3.41. The lowest BCUT2D eigenvalue weighted by Gasteiger charge is -2.28. The van der Waals surface area contributed by atoms with Crippen molar-refractivity contribution in [1.82, 2.24) is 20.4 Å². The van der Waals surface area contributed by atoms with E-state index in [0.29, 0.717) is 23.2 Å². The summed E-state index contributed by atoms with van der Waals surface area (Å²) in [5, 5.41) is 11.2. The Morgan fingerprint density at radius 3 is 2.85 bits per heavy atom. The number of hydrogen-bond acceptors (Lipinski definition) is 4. The molecule has 0 bridgehead atoms. The van der Waals surface area contributed by atoms with Crippen molar-refractivity contribution in [2.24, 2.45) is 0 Å². The Hall–Kier alpha value is -2.86. The Labute approximate surface area is 152 Å². The number of amides is 1. The van der Waals surface area contributed by atoms with Crippen LogP contribution >= 0.6 is 0 Å². The molecule has 3 heterocycles. The number of para-hydroxylation sites is 1. The molecule has 2 unspecified atom stereocenters. The zero-order valence-electron chi connectivity index (χ0n) is 14.7. The van der Waals surface area contributed by atoms with Crippen molar-refractivity contribution >= 4 is 5.91 Å². The molecule has 3 aromatic rings. The van der Waals surface area contributed by atoms with Crippen LogP contribution in [0.25, 0.3) is 17.1 Å². The smallest absolute Gasteiger partial charge is 0.270 e. The van der Waals surface area contributed by atoms with E-state index in [9.17, 15) is 4.79 Å². The Morgan fingerprint density at radius 2 is 2.12 bits per heavy atom. The van der Waals surface area contributed by atoms with Gasteiger partial charge in [-0.05, 0) is 50.6 Å². The topological polar surface area (TPSA) is 72.1 Å². The molecule has 4 rings (SSSR count). The highest BCUT2D eigenvalue weighted by Crippen LogP contribution is 2.22. The van der Waals surface area contributed by atoms with Gasteiger partial charge in [-0.1, -0.05) is 18.2 Å². The first kappa shape index (κ1) is 16.6. The van der Waals surface area contributed by atoms with Crippen LogP contribution in [0.4, 0.5) is 0 Å². The molecular formula is C20H22N4O2. The van der Waals surface area contributed by atoms with Crippen LogP contribution in [-0.2, 0) is 0 Å². The molecule has 1 aliphatic rings. The molecule has 2 N–H and O–H groups in total. The van der Waals surface area contributed by atoms with Crippen molar-refractivity contribution in [3.8, 4) is 17.1 Å². The molecule has 26 heavy (non-hydrogen) atoms. The van der Waals surface area contributed by atoms with Gasteiger partial charge in [-0.15, -0.1) is 0 Å². The van der Waals surface area contributed by atoms with Crippen molar-refractivity contribution in [2.75, 3.05) is 6.54 Å². The number of furan rings is 1. The van der Waals surface area contributed by atoms with Crippen molar-refractivity contribution in [2.45, 2.75) is 31.8 Å². The Morgan fingerprint density at radius 1 is 1.27 bits per heavy atom. The molecule has 1 aliphatic heterocycles. The predicted molar refractivity (Wildman–Crippen MR) is 99.2 cm³/mol. The van der Waals surface area contributed by atoms with Crippen LogP contribution in [0.3, 0.4) is 0 Å². The lowest BCUT2D eigenvalue weighted by molar-refractivity contribution is 0.0917. The van der Waals surface area contributed by atoms with Gasteiger partial charge in [0.25, 0.3) is 5.91 Å². The Balaban J connectivity index is 1.66. The molecule has 134 valence electrons. The number of nitrogens with zero attached hydrogens (tertiary/aromatic N) is 2. The molecular weight excluding hydrogens is 328 g/mol. The van der Waals surface area contributed by atoms with Crippen molar-refractivity contribution in [3.63, 3.8) is 0 Å². The van der Waals surface area contributed by atoms with Crippen LogP contribution in [-0.4, -0.2) is 34.3 Å². The standard InChI is InChI=1S/C20H22N4O2/c1-14-12-15(9-10-21-14)22-20(25)18-13-17(19-8-5-11-26-19)23-24(18)16-6-3-2-4-7-16/h2-8,11,13-15,21H,9-10,12H2,1H3,(H,22,25). The van der Waals surface area contributed by atoms with Gasteiger partial charge in [-0.2, -0.15) is 5.10 Å². The normalized spacial score (nSPS) is 20.0. The molecule has 0 radical (unpaired) electrons. The van der Waals surface area contributed by atoms with Gasteiger partial charge >= 0.3 is 0 Å². The van der Waals surface area contributed by atoms with Gasteiger partial charge in [0.1, 0.15) is 11.4 Å². The minimum absolute atomic E-state index is 0.113. The van der Waals surface area contributed by atoms with Crippen molar-refractivity contribution < 1.29 is 9.21 Å². The van der Waals surface area contributed by atoms with E-state index >= 15 is 0 Å². The number of aromatic nitrogens is 2. The van der Waals surface area contributed by atoms with E-state index in [2.05, 4.69) is 22.7 Å². The summed E-state index contributed by atoms with van der Waals surface area (Å²) in [6, 6.07) is 15.7. The monoisotopic (exact) mass is 350 g/mol. The minimum Gasteiger partial charge on any atom is -0.463 e. The van der Waals surface area contributed by atoms with Crippen LogP contribution in [0, 0.1) is 0 Å². The molecule has 0 aliphatic carbocycles. The highest BCUT2D eigenvalue weighted by Gasteiger charge is 2.24. The summed E-state index contributed by atoms with van der Waals surface area (Å²) in [6.07, 6.45) is 3.46. The van der Waals surface area contributed by atoms with Crippen LogP contribution in [0.2, 0.25) is 0 Å². The summed E-state index contributed by atoms with van der Waals surface area (Å²) in [5.41, 5.74) is 1.99. The van der Waals surface area contributed by atoms with Crippen molar-refractivity contribution in [3.05, 3.63) is 60.5 Å². The van der Waals surface area contributed by atoms with E-state index in [1.165, 1.54) is 0 Å². The molecule has 2 aromatic heterocycles. The number of carbonyl (C=O) groups excluding carboxylic acids is 1. The molecule has 1 fully saturated rings. The van der Waals surface area contributed by atoms with E-state index in [0.717, 1.165) is 25.1 Å². The fourth-order valence-electron chi connectivity index (χ4n) is 3.38. The molecule has 1 saturated heterocycles. The first-order chi connectivity index (χ1) is 12.7. The minimum atomic E-state index is -0.113. The molecule has 1 amide bonds. The maximum atomic E-state index is 13.0. The molecule has 0 spiro atoms. The zero-order chi connectivity index (χ0) is 17.9. The predicted octanol–water partition coefficient (Wildman–Crippen LogP) is 3.00. The maximum absolute atomic E-state index is 13.0. The summed E-state index contributed by atoms with van der Waals surface area (Å²) in [7, 11) is 0. The summed E-state index contributed by atoms with van der Waals surface area (Å²) in [4.78, 5) is 13.0. The molecule has 0 saturated carbocycles. The summed E-state index contributed by atoms with van der Waals surface area (Å²) >= 11 is 0. The number of nitrogens with one attached hydrogen (secondary N) is 2. The largest absolute Gasteiger partial charge is 0.463 e. The van der Waals surface area contributed by atoms with Crippen LogP contribution in [0.15, 0.2) is 59.2 Å². The quantitative estimate of drug-likeness (QED) is 0.759. The van der Waals surface area contributed by atoms with E-state index in [-0.39, 0.29) is 11.9 Å². The van der Waals surface area contributed by atoms with Crippen LogP contribution < -0.4 is 10.6 Å². The fourth-order valence-corrected chi connectivity index (χ4v) is 3.38. The highest BCUT2D eigenvalue weighted by atomic mass is 16.3. The van der Waals surface area contributed by atoms with Gasteiger partial charge in [-0.3, -0.25) is 4.79 Å². The van der Waals surface area contributed by atoms with Gasteiger partial charge in [0.05, 0.1) is 12.0 Å². The fraction of sp³-hybridized carbons (Fsp3) is 0.300. The molecule has 1 aromatic carbocycles. The van der Waals surface area contributed by atoms with Gasteiger partial charge in [0.2, 0.25) is 0 Å². The van der Waals surface area contributed by atoms with E-state index in [4.69, 9.17) is 4.42 Å². The number of hydrogen-bond donors (Lipinski definition) is 2. The van der Waals surface area contributed by atoms with E-state index in [1.807, 2.05) is 42.5 Å².